The maximum atomic E-state index is 12.0. The second-order valence-electron chi connectivity index (χ2n) is 5.78. The average Bonchev–Trinajstić information content (AvgIpc) is 2.34. The third kappa shape index (κ3) is 4.49. The molecule has 1 aromatic rings. The summed E-state index contributed by atoms with van der Waals surface area (Å²) >= 11 is 1.74. The van der Waals surface area contributed by atoms with Crippen molar-refractivity contribution in [1.82, 2.24) is 0 Å². The summed E-state index contributed by atoms with van der Waals surface area (Å²) in [6, 6.07) is 8.06. The molecule has 0 bridgehead atoms. The number of carbonyl (C=O) groups excluding carboxylic acids is 1. The average molecular weight is 264 g/mol. The van der Waals surface area contributed by atoms with Gasteiger partial charge in [0.25, 0.3) is 0 Å². The van der Waals surface area contributed by atoms with Gasteiger partial charge in [-0.2, -0.15) is 11.8 Å². The van der Waals surface area contributed by atoms with Gasteiger partial charge < -0.3 is 0 Å². The zero-order chi connectivity index (χ0) is 13.8. The zero-order valence-corrected chi connectivity index (χ0v) is 12.9. The predicted molar refractivity (Wildman–Crippen MR) is 81.7 cm³/mol. The molecule has 0 spiro atoms. The van der Waals surface area contributed by atoms with E-state index in [1.807, 2.05) is 12.1 Å². The molecule has 0 radical (unpaired) electrons. The van der Waals surface area contributed by atoms with Crippen LogP contribution in [-0.4, -0.2) is 16.8 Å². The van der Waals surface area contributed by atoms with Crippen LogP contribution in [0, 0.1) is 0 Å². The molecule has 0 amide bonds. The van der Waals surface area contributed by atoms with Crippen LogP contribution in [0.4, 0.5) is 0 Å². The highest BCUT2D eigenvalue weighted by Crippen LogP contribution is 2.23. The van der Waals surface area contributed by atoms with E-state index >= 15 is 0 Å². The summed E-state index contributed by atoms with van der Waals surface area (Å²) in [5.41, 5.74) is 2.25. The Bertz CT molecular complexity index is 387. The molecular weight excluding hydrogens is 240 g/mol. The van der Waals surface area contributed by atoms with Crippen molar-refractivity contribution in [3.8, 4) is 0 Å². The minimum atomic E-state index is 0.146. The largest absolute Gasteiger partial charge is 0.293 e. The molecule has 0 aliphatic carbocycles. The molecule has 0 N–H and O–H groups in total. The van der Waals surface area contributed by atoms with E-state index < -0.39 is 0 Å². The van der Waals surface area contributed by atoms with Crippen molar-refractivity contribution in [3.05, 3.63) is 35.4 Å². The Morgan fingerprint density at radius 3 is 2.22 bits per heavy atom. The van der Waals surface area contributed by atoms with Crippen LogP contribution in [0.2, 0.25) is 0 Å². The molecule has 0 saturated heterocycles. The summed E-state index contributed by atoms with van der Waals surface area (Å²) in [6.45, 7) is 10.9. The number of hydrogen-bond acceptors (Lipinski definition) is 2. The summed E-state index contributed by atoms with van der Waals surface area (Å²) in [5, 5.41) is 0.558. The highest BCUT2D eigenvalue weighted by Gasteiger charge is 2.14. The smallest absolute Gasteiger partial charge is 0.172 e. The van der Waals surface area contributed by atoms with Gasteiger partial charge in [-0.05, 0) is 17.4 Å². The normalized spacial score (nSPS) is 13.4. The SMILES string of the molecule is CCC(C)SCC(=O)c1ccc(C(C)(C)C)cc1. The number of hydrogen-bond donors (Lipinski definition) is 0. The Morgan fingerprint density at radius 1 is 1.22 bits per heavy atom. The number of carbonyl (C=O) groups is 1. The Balaban J connectivity index is 2.65. The van der Waals surface area contributed by atoms with E-state index in [1.165, 1.54) is 5.56 Å². The molecule has 18 heavy (non-hydrogen) atoms. The summed E-state index contributed by atoms with van der Waals surface area (Å²) in [7, 11) is 0. The molecule has 1 aromatic carbocycles. The first-order valence-electron chi connectivity index (χ1n) is 6.60. The second-order valence-corrected chi connectivity index (χ2v) is 7.21. The first-order chi connectivity index (χ1) is 8.34. The van der Waals surface area contributed by atoms with Crippen LogP contribution in [0.5, 0.6) is 0 Å². The number of thioether (sulfide) groups is 1. The number of benzene rings is 1. The van der Waals surface area contributed by atoms with Gasteiger partial charge in [0.1, 0.15) is 0 Å². The second kappa shape index (κ2) is 6.42. The summed E-state index contributed by atoms with van der Waals surface area (Å²) < 4.78 is 0. The Hall–Kier alpha value is -0.760. The fourth-order valence-electron chi connectivity index (χ4n) is 1.58. The Labute approximate surface area is 115 Å². The molecule has 1 unspecified atom stereocenters. The fourth-order valence-corrected chi connectivity index (χ4v) is 2.41. The Morgan fingerprint density at radius 2 is 1.78 bits per heavy atom. The minimum Gasteiger partial charge on any atom is -0.293 e. The Kier molecular flexibility index (Phi) is 5.46. The zero-order valence-electron chi connectivity index (χ0n) is 12.1. The number of ketones is 1. The van der Waals surface area contributed by atoms with Gasteiger partial charge in [0, 0.05) is 10.8 Å². The summed E-state index contributed by atoms with van der Waals surface area (Å²) in [5.74, 6) is 0.824. The summed E-state index contributed by atoms with van der Waals surface area (Å²) in [4.78, 5) is 12.0. The maximum Gasteiger partial charge on any atom is 0.172 e. The lowest BCUT2D eigenvalue weighted by Gasteiger charge is -2.19. The van der Waals surface area contributed by atoms with Gasteiger partial charge in [-0.1, -0.05) is 58.9 Å². The van der Waals surface area contributed by atoms with Gasteiger partial charge in [0.05, 0.1) is 5.75 Å². The molecule has 0 saturated carbocycles. The molecule has 0 fully saturated rings. The van der Waals surface area contributed by atoms with Crippen molar-refractivity contribution in [3.63, 3.8) is 0 Å². The van der Waals surface area contributed by atoms with Crippen LogP contribution in [0.15, 0.2) is 24.3 Å². The molecule has 0 aliphatic heterocycles. The topological polar surface area (TPSA) is 17.1 Å². The van der Waals surface area contributed by atoms with Crippen LogP contribution in [0.1, 0.15) is 57.0 Å². The first-order valence-corrected chi connectivity index (χ1v) is 7.64. The molecule has 0 aliphatic rings. The van der Waals surface area contributed by atoms with Gasteiger partial charge in [-0.25, -0.2) is 0 Å². The van der Waals surface area contributed by atoms with Crippen LogP contribution >= 0.6 is 11.8 Å². The van der Waals surface area contributed by atoms with Gasteiger partial charge in [-0.3, -0.25) is 4.79 Å². The maximum absolute atomic E-state index is 12.0. The van der Waals surface area contributed by atoms with Crippen molar-refractivity contribution in [2.75, 3.05) is 5.75 Å². The molecule has 1 rings (SSSR count). The van der Waals surface area contributed by atoms with Crippen LogP contribution < -0.4 is 0 Å². The molecule has 0 aromatic heterocycles. The van der Waals surface area contributed by atoms with Gasteiger partial charge >= 0.3 is 0 Å². The molecule has 0 heterocycles. The van der Waals surface area contributed by atoms with E-state index in [-0.39, 0.29) is 11.2 Å². The third-order valence-electron chi connectivity index (χ3n) is 3.15. The van der Waals surface area contributed by atoms with Crippen molar-refractivity contribution in [2.45, 2.75) is 51.7 Å². The van der Waals surface area contributed by atoms with Gasteiger partial charge in [0.2, 0.25) is 0 Å². The standard InChI is InChI=1S/C16H24OS/c1-6-12(2)18-11-15(17)13-7-9-14(10-8-13)16(3,4)5/h7-10,12H,6,11H2,1-5H3. The van der Waals surface area contributed by atoms with E-state index in [4.69, 9.17) is 0 Å². The number of rotatable bonds is 5. The minimum absolute atomic E-state index is 0.146. The lowest BCUT2D eigenvalue weighted by molar-refractivity contribution is 0.102. The molecule has 1 nitrogen and oxygen atoms in total. The number of Topliss-reactive ketones (excluding diaryl/α,β-unsaturated/α-hetero) is 1. The van der Waals surface area contributed by atoms with E-state index in [2.05, 4.69) is 46.8 Å². The lowest BCUT2D eigenvalue weighted by atomic mass is 9.86. The van der Waals surface area contributed by atoms with E-state index in [0.29, 0.717) is 11.0 Å². The van der Waals surface area contributed by atoms with Crippen LogP contribution in [-0.2, 0) is 5.41 Å². The van der Waals surface area contributed by atoms with Crippen LogP contribution in [0.25, 0.3) is 0 Å². The lowest BCUT2D eigenvalue weighted by Crippen LogP contribution is -2.12. The first kappa shape index (κ1) is 15.3. The van der Waals surface area contributed by atoms with E-state index in [9.17, 15) is 4.79 Å². The van der Waals surface area contributed by atoms with Gasteiger partial charge in [0.15, 0.2) is 5.78 Å². The highest BCUT2D eigenvalue weighted by molar-refractivity contribution is 8.00. The van der Waals surface area contributed by atoms with Crippen LogP contribution in [0.3, 0.4) is 0 Å². The van der Waals surface area contributed by atoms with Crippen molar-refractivity contribution in [1.29, 1.82) is 0 Å². The van der Waals surface area contributed by atoms with Crippen molar-refractivity contribution in [2.24, 2.45) is 0 Å². The van der Waals surface area contributed by atoms with Crippen molar-refractivity contribution >= 4 is 17.5 Å². The molecule has 100 valence electrons. The van der Waals surface area contributed by atoms with Gasteiger partial charge in [-0.15, -0.1) is 0 Å². The quantitative estimate of drug-likeness (QED) is 0.717. The third-order valence-corrected chi connectivity index (χ3v) is 4.48. The molecular formula is C16H24OS. The summed E-state index contributed by atoms with van der Waals surface area (Å²) in [6.07, 6.45) is 1.11. The van der Waals surface area contributed by atoms with Crippen molar-refractivity contribution < 1.29 is 4.79 Å². The predicted octanol–water partition coefficient (Wildman–Crippen LogP) is 4.70. The molecule has 2 heteroatoms. The highest BCUT2D eigenvalue weighted by atomic mass is 32.2. The van der Waals surface area contributed by atoms with E-state index in [1.54, 1.807) is 11.8 Å². The molecule has 1 atom stereocenters. The monoisotopic (exact) mass is 264 g/mol. The fraction of sp³-hybridized carbons (Fsp3) is 0.562. The van der Waals surface area contributed by atoms with E-state index in [0.717, 1.165) is 12.0 Å².